The number of rotatable bonds is 4. The maximum Gasteiger partial charge on any atom is 0.168 e. The summed E-state index contributed by atoms with van der Waals surface area (Å²) in [6, 6.07) is 13.1. The standard InChI is InChI=1S/C15H13N3O2/c1-20-13-7-5-11(6-8-13)9-14-16-15-4-2-3-12(10-19)18(15)17-14/h2-8,10H,9H2,1H3. The maximum absolute atomic E-state index is 11.0. The van der Waals surface area contributed by atoms with Crippen molar-refractivity contribution in [1.29, 1.82) is 0 Å². The van der Waals surface area contributed by atoms with Gasteiger partial charge in [0.2, 0.25) is 0 Å². The Hall–Kier alpha value is -2.69. The number of carbonyl (C=O) groups excluding carboxylic acids is 1. The minimum absolute atomic E-state index is 0.496. The molecule has 0 saturated heterocycles. The molecule has 0 fully saturated rings. The van der Waals surface area contributed by atoms with Gasteiger partial charge in [0.15, 0.2) is 17.8 Å². The lowest BCUT2D eigenvalue weighted by atomic mass is 10.1. The number of pyridine rings is 1. The Labute approximate surface area is 115 Å². The molecule has 2 heterocycles. The lowest BCUT2D eigenvalue weighted by molar-refractivity contribution is 0.111. The third-order valence-electron chi connectivity index (χ3n) is 3.07. The van der Waals surface area contributed by atoms with E-state index in [-0.39, 0.29) is 0 Å². The second-order valence-electron chi connectivity index (χ2n) is 4.39. The van der Waals surface area contributed by atoms with Crippen LogP contribution in [0.15, 0.2) is 42.5 Å². The van der Waals surface area contributed by atoms with Gasteiger partial charge in [0, 0.05) is 6.42 Å². The second kappa shape index (κ2) is 5.13. The van der Waals surface area contributed by atoms with Gasteiger partial charge in [-0.1, -0.05) is 18.2 Å². The maximum atomic E-state index is 11.0. The molecule has 5 heteroatoms. The number of ether oxygens (including phenoxy) is 1. The minimum Gasteiger partial charge on any atom is -0.497 e. The lowest BCUT2D eigenvalue weighted by Crippen LogP contribution is -1.97. The molecule has 100 valence electrons. The Kier molecular flexibility index (Phi) is 3.16. The monoisotopic (exact) mass is 267 g/mol. The van der Waals surface area contributed by atoms with Gasteiger partial charge >= 0.3 is 0 Å². The van der Waals surface area contributed by atoms with E-state index in [1.165, 1.54) is 0 Å². The summed E-state index contributed by atoms with van der Waals surface area (Å²) in [5.74, 6) is 1.50. The first-order valence-electron chi connectivity index (χ1n) is 6.23. The molecular weight excluding hydrogens is 254 g/mol. The van der Waals surface area contributed by atoms with Gasteiger partial charge < -0.3 is 4.74 Å². The van der Waals surface area contributed by atoms with E-state index in [0.29, 0.717) is 23.6 Å². The molecule has 0 spiro atoms. The summed E-state index contributed by atoms with van der Waals surface area (Å²) in [5, 5.41) is 4.36. The van der Waals surface area contributed by atoms with Crippen molar-refractivity contribution in [2.45, 2.75) is 6.42 Å². The molecule has 3 rings (SSSR count). The summed E-state index contributed by atoms with van der Waals surface area (Å²) in [4.78, 5) is 15.4. The van der Waals surface area contributed by atoms with E-state index in [1.807, 2.05) is 30.3 Å². The zero-order valence-corrected chi connectivity index (χ0v) is 11.0. The molecule has 0 aliphatic carbocycles. The third-order valence-corrected chi connectivity index (χ3v) is 3.07. The van der Waals surface area contributed by atoms with E-state index < -0.39 is 0 Å². The Morgan fingerprint density at radius 3 is 2.70 bits per heavy atom. The summed E-state index contributed by atoms with van der Waals surface area (Å²) in [5.41, 5.74) is 2.27. The molecule has 20 heavy (non-hydrogen) atoms. The van der Waals surface area contributed by atoms with Crippen LogP contribution in [-0.2, 0) is 6.42 Å². The largest absolute Gasteiger partial charge is 0.497 e. The molecule has 0 bridgehead atoms. The number of hydrogen-bond donors (Lipinski definition) is 0. The van der Waals surface area contributed by atoms with Crippen LogP contribution < -0.4 is 4.74 Å². The minimum atomic E-state index is 0.496. The number of aldehydes is 1. The number of carbonyl (C=O) groups is 1. The molecule has 0 atom stereocenters. The SMILES string of the molecule is COc1ccc(Cc2nc3cccc(C=O)n3n2)cc1. The van der Waals surface area contributed by atoms with E-state index in [1.54, 1.807) is 23.8 Å². The molecule has 3 aromatic rings. The molecule has 0 aliphatic rings. The number of nitrogens with zero attached hydrogens (tertiary/aromatic N) is 3. The summed E-state index contributed by atoms with van der Waals surface area (Å²) < 4.78 is 6.68. The number of benzene rings is 1. The molecule has 1 aromatic carbocycles. The highest BCUT2D eigenvalue weighted by atomic mass is 16.5. The van der Waals surface area contributed by atoms with Crippen LogP contribution in [0.25, 0.3) is 5.65 Å². The summed E-state index contributed by atoms with van der Waals surface area (Å²) in [6.45, 7) is 0. The van der Waals surface area contributed by atoms with Gasteiger partial charge in [-0.25, -0.2) is 9.50 Å². The van der Waals surface area contributed by atoms with Crippen molar-refractivity contribution in [2.75, 3.05) is 7.11 Å². The van der Waals surface area contributed by atoms with Crippen molar-refractivity contribution in [2.24, 2.45) is 0 Å². The molecule has 2 aromatic heterocycles. The highest BCUT2D eigenvalue weighted by molar-refractivity contribution is 5.73. The average molecular weight is 267 g/mol. The van der Waals surface area contributed by atoms with Crippen LogP contribution in [0.5, 0.6) is 5.75 Å². The van der Waals surface area contributed by atoms with E-state index in [0.717, 1.165) is 17.6 Å². The Morgan fingerprint density at radius 1 is 1.20 bits per heavy atom. The Bertz CT molecular complexity index is 747. The molecule has 5 nitrogen and oxygen atoms in total. The van der Waals surface area contributed by atoms with Crippen molar-refractivity contribution in [3.8, 4) is 5.75 Å². The molecule has 0 aliphatic heterocycles. The van der Waals surface area contributed by atoms with Crippen LogP contribution in [-0.4, -0.2) is 28.0 Å². The van der Waals surface area contributed by atoms with Crippen LogP contribution in [0.1, 0.15) is 21.9 Å². The zero-order chi connectivity index (χ0) is 13.9. The predicted molar refractivity (Wildman–Crippen MR) is 74.2 cm³/mol. The first-order valence-corrected chi connectivity index (χ1v) is 6.23. The smallest absolute Gasteiger partial charge is 0.168 e. The average Bonchev–Trinajstić information content (AvgIpc) is 2.90. The van der Waals surface area contributed by atoms with Crippen molar-refractivity contribution >= 4 is 11.9 Å². The number of methoxy groups -OCH3 is 1. The quantitative estimate of drug-likeness (QED) is 0.680. The molecule has 0 unspecified atom stereocenters. The molecule has 0 N–H and O–H groups in total. The normalized spacial score (nSPS) is 10.7. The second-order valence-corrected chi connectivity index (χ2v) is 4.39. The fourth-order valence-electron chi connectivity index (χ4n) is 2.06. The summed E-state index contributed by atoms with van der Waals surface area (Å²) in [6.07, 6.45) is 1.39. The predicted octanol–water partition coefficient (Wildman–Crippen LogP) is 2.14. The van der Waals surface area contributed by atoms with Crippen LogP contribution in [0, 0.1) is 0 Å². The third kappa shape index (κ3) is 2.25. The highest BCUT2D eigenvalue weighted by Gasteiger charge is 2.07. The molecule has 0 saturated carbocycles. The van der Waals surface area contributed by atoms with E-state index in [4.69, 9.17) is 4.74 Å². The van der Waals surface area contributed by atoms with Gasteiger partial charge in [0.05, 0.1) is 7.11 Å². The number of fused-ring (bicyclic) bond motifs is 1. The Morgan fingerprint density at radius 2 is 2.00 bits per heavy atom. The van der Waals surface area contributed by atoms with Crippen LogP contribution in [0.2, 0.25) is 0 Å². The van der Waals surface area contributed by atoms with Crippen LogP contribution in [0.4, 0.5) is 0 Å². The van der Waals surface area contributed by atoms with Crippen molar-refractivity contribution in [3.05, 3.63) is 59.5 Å². The van der Waals surface area contributed by atoms with Crippen LogP contribution >= 0.6 is 0 Å². The highest BCUT2D eigenvalue weighted by Crippen LogP contribution is 2.14. The fraction of sp³-hybridized carbons (Fsp3) is 0.133. The van der Waals surface area contributed by atoms with Crippen molar-refractivity contribution < 1.29 is 9.53 Å². The summed E-state index contributed by atoms with van der Waals surface area (Å²) in [7, 11) is 1.64. The zero-order valence-electron chi connectivity index (χ0n) is 11.0. The molecule has 0 amide bonds. The van der Waals surface area contributed by atoms with Crippen LogP contribution in [0.3, 0.4) is 0 Å². The lowest BCUT2D eigenvalue weighted by Gasteiger charge is -2.00. The summed E-state index contributed by atoms with van der Waals surface area (Å²) >= 11 is 0. The van der Waals surface area contributed by atoms with Gasteiger partial charge in [0.1, 0.15) is 11.4 Å². The molecule has 0 radical (unpaired) electrons. The van der Waals surface area contributed by atoms with Gasteiger partial charge in [-0.2, -0.15) is 5.10 Å². The van der Waals surface area contributed by atoms with E-state index in [9.17, 15) is 4.79 Å². The van der Waals surface area contributed by atoms with Gasteiger partial charge in [-0.3, -0.25) is 4.79 Å². The first kappa shape index (κ1) is 12.3. The fourth-order valence-corrected chi connectivity index (χ4v) is 2.06. The topological polar surface area (TPSA) is 56.5 Å². The van der Waals surface area contributed by atoms with Gasteiger partial charge in [-0.15, -0.1) is 0 Å². The molecular formula is C15H13N3O2. The number of aromatic nitrogens is 3. The van der Waals surface area contributed by atoms with E-state index >= 15 is 0 Å². The number of hydrogen-bond acceptors (Lipinski definition) is 4. The van der Waals surface area contributed by atoms with Gasteiger partial charge in [0.25, 0.3) is 0 Å². The van der Waals surface area contributed by atoms with Gasteiger partial charge in [-0.05, 0) is 29.8 Å². The van der Waals surface area contributed by atoms with Crippen molar-refractivity contribution in [1.82, 2.24) is 14.6 Å². The Balaban J connectivity index is 1.92. The van der Waals surface area contributed by atoms with Crippen molar-refractivity contribution in [3.63, 3.8) is 0 Å². The first-order chi connectivity index (χ1) is 9.80. The van der Waals surface area contributed by atoms with E-state index in [2.05, 4.69) is 10.1 Å².